The van der Waals surface area contributed by atoms with Crippen LogP contribution in [0.5, 0.6) is 0 Å². The van der Waals surface area contributed by atoms with Crippen molar-refractivity contribution in [2.45, 2.75) is 18.1 Å². The Bertz CT molecular complexity index is 958. The number of rotatable bonds is 5. The lowest BCUT2D eigenvalue weighted by Gasteiger charge is -2.13. The maximum Gasteiger partial charge on any atom is 0.418 e. The van der Waals surface area contributed by atoms with Crippen molar-refractivity contribution in [3.8, 4) is 11.3 Å². The number of hydrogen-bond acceptors (Lipinski definition) is 4. The molecule has 0 aliphatic carbocycles. The third-order valence-corrected chi connectivity index (χ3v) is 4.77. The Kier molecular flexibility index (Phi) is 5.99. The second kappa shape index (κ2) is 8.43. The second-order valence-corrected chi connectivity index (χ2v) is 7.00. The molecule has 0 aliphatic rings. The van der Waals surface area contributed by atoms with Crippen LogP contribution in [0.1, 0.15) is 11.1 Å². The molecule has 1 amide bonds. The second-order valence-electron chi connectivity index (χ2n) is 6.00. The number of para-hydroxylation sites is 1. The predicted molar refractivity (Wildman–Crippen MR) is 103 cm³/mol. The third kappa shape index (κ3) is 5.10. The minimum atomic E-state index is -4.53. The predicted octanol–water partition coefficient (Wildman–Crippen LogP) is 5.20. The molecule has 1 N–H and O–H groups in total. The van der Waals surface area contributed by atoms with E-state index in [9.17, 15) is 18.0 Å². The first-order chi connectivity index (χ1) is 13.3. The van der Waals surface area contributed by atoms with E-state index in [-0.39, 0.29) is 11.4 Å². The van der Waals surface area contributed by atoms with Crippen molar-refractivity contribution in [2.24, 2.45) is 0 Å². The van der Waals surface area contributed by atoms with Crippen molar-refractivity contribution in [3.05, 3.63) is 71.8 Å². The molecule has 0 bridgehead atoms. The maximum absolute atomic E-state index is 13.0. The van der Waals surface area contributed by atoms with Crippen LogP contribution in [0.25, 0.3) is 11.3 Å². The number of halogens is 3. The molecule has 4 nitrogen and oxygen atoms in total. The van der Waals surface area contributed by atoms with E-state index in [0.717, 1.165) is 29.0 Å². The molecular formula is C20H16F3N3OS. The molecule has 28 heavy (non-hydrogen) atoms. The van der Waals surface area contributed by atoms with E-state index in [4.69, 9.17) is 0 Å². The standard InChI is InChI=1S/C20H16F3N3OS/c1-13-6-8-14(9-7-13)16-10-11-19(26-25-16)28-12-18(27)24-17-5-3-2-4-15(17)20(21,22)23/h2-11H,12H2,1H3,(H,24,27). The van der Waals surface area contributed by atoms with Gasteiger partial charge in [0.05, 0.1) is 22.7 Å². The summed E-state index contributed by atoms with van der Waals surface area (Å²) in [5, 5.41) is 11.0. The minimum Gasteiger partial charge on any atom is -0.325 e. The zero-order valence-corrected chi connectivity index (χ0v) is 15.6. The molecule has 0 saturated heterocycles. The van der Waals surface area contributed by atoms with Crippen LogP contribution in [0.4, 0.5) is 18.9 Å². The van der Waals surface area contributed by atoms with Gasteiger partial charge in [0.2, 0.25) is 5.91 Å². The smallest absolute Gasteiger partial charge is 0.325 e. The van der Waals surface area contributed by atoms with Gasteiger partial charge in [0.15, 0.2) is 0 Å². The van der Waals surface area contributed by atoms with E-state index >= 15 is 0 Å². The fourth-order valence-electron chi connectivity index (χ4n) is 2.44. The van der Waals surface area contributed by atoms with E-state index in [1.54, 1.807) is 12.1 Å². The SMILES string of the molecule is Cc1ccc(-c2ccc(SCC(=O)Nc3ccccc3C(F)(F)F)nn2)cc1. The van der Waals surface area contributed by atoms with E-state index < -0.39 is 17.6 Å². The molecule has 8 heteroatoms. The number of anilines is 1. The van der Waals surface area contributed by atoms with Gasteiger partial charge in [0, 0.05) is 5.56 Å². The van der Waals surface area contributed by atoms with Crippen molar-refractivity contribution in [3.63, 3.8) is 0 Å². The number of aryl methyl sites for hydroxylation is 1. The molecule has 2 aromatic carbocycles. The molecule has 0 aliphatic heterocycles. The Labute approximate surface area is 164 Å². The topological polar surface area (TPSA) is 54.9 Å². The molecule has 0 radical (unpaired) electrons. The fourth-order valence-corrected chi connectivity index (χ4v) is 3.05. The van der Waals surface area contributed by atoms with Crippen LogP contribution >= 0.6 is 11.8 Å². The Morgan fingerprint density at radius 3 is 2.36 bits per heavy atom. The number of carbonyl (C=O) groups excluding carboxylic acids is 1. The number of nitrogens with zero attached hydrogens (tertiary/aromatic N) is 2. The summed E-state index contributed by atoms with van der Waals surface area (Å²) in [7, 11) is 0. The van der Waals surface area contributed by atoms with Crippen LogP contribution in [0.3, 0.4) is 0 Å². The molecule has 3 aromatic rings. The van der Waals surface area contributed by atoms with Crippen molar-refractivity contribution in [1.29, 1.82) is 0 Å². The van der Waals surface area contributed by atoms with Gasteiger partial charge in [-0.05, 0) is 31.2 Å². The summed E-state index contributed by atoms with van der Waals surface area (Å²) < 4.78 is 38.9. The van der Waals surface area contributed by atoms with Crippen LogP contribution in [-0.4, -0.2) is 21.9 Å². The van der Waals surface area contributed by atoms with Gasteiger partial charge in [-0.3, -0.25) is 4.79 Å². The number of thioether (sulfide) groups is 1. The summed E-state index contributed by atoms with van der Waals surface area (Å²) in [6.07, 6.45) is -4.53. The summed E-state index contributed by atoms with van der Waals surface area (Å²) in [6, 6.07) is 16.2. The van der Waals surface area contributed by atoms with Gasteiger partial charge >= 0.3 is 6.18 Å². The molecule has 0 atom stereocenters. The molecule has 0 fully saturated rings. The van der Waals surface area contributed by atoms with Crippen molar-refractivity contribution >= 4 is 23.4 Å². The monoisotopic (exact) mass is 403 g/mol. The number of amides is 1. The largest absolute Gasteiger partial charge is 0.418 e. The third-order valence-electron chi connectivity index (χ3n) is 3.85. The lowest BCUT2D eigenvalue weighted by Crippen LogP contribution is -2.18. The highest BCUT2D eigenvalue weighted by atomic mass is 32.2. The molecule has 1 heterocycles. The van der Waals surface area contributed by atoms with Gasteiger partial charge in [0.25, 0.3) is 0 Å². The van der Waals surface area contributed by atoms with Gasteiger partial charge in [-0.15, -0.1) is 10.2 Å². The van der Waals surface area contributed by atoms with Gasteiger partial charge in [0.1, 0.15) is 5.03 Å². The summed E-state index contributed by atoms with van der Waals surface area (Å²) in [4.78, 5) is 12.0. The normalized spacial score (nSPS) is 11.3. The van der Waals surface area contributed by atoms with E-state index in [1.165, 1.54) is 18.2 Å². The number of alkyl halides is 3. The van der Waals surface area contributed by atoms with Gasteiger partial charge in [-0.1, -0.05) is 53.7 Å². The van der Waals surface area contributed by atoms with Crippen LogP contribution in [0.15, 0.2) is 65.7 Å². The van der Waals surface area contributed by atoms with E-state index in [0.29, 0.717) is 10.7 Å². The molecule has 144 valence electrons. The van der Waals surface area contributed by atoms with Crippen LogP contribution in [0, 0.1) is 6.92 Å². The number of hydrogen-bond donors (Lipinski definition) is 1. The van der Waals surface area contributed by atoms with Crippen molar-refractivity contribution in [1.82, 2.24) is 10.2 Å². The summed E-state index contributed by atoms with van der Waals surface area (Å²) in [5.41, 5.74) is 1.63. The maximum atomic E-state index is 13.0. The molecule has 0 saturated carbocycles. The summed E-state index contributed by atoms with van der Waals surface area (Å²) in [6.45, 7) is 1.99. The van der Waals surface area contributed by atoms with E-state index in [1.807, 2.05) is 31.2 Å². The zero-order valence-electron chi connectivity index (χ0n) is 14.8. The van der Waals surface area contributed by atoms with Crippen LogP contribution in [0.2, 0.25) is 0 Å². The number of carbonyl (C=O) groups is 1. The first-order valence-corrected chi connectivity index (χ1v) is 9.31. The first kappa shape index (κ1) is 19.9. The summed E-state index contributed by atoms with van der Waals surface area (Å²) >= 11 is 1.10. The molecule has 3 rings (SSSR count). The average Bonchev–Trinajstić information content (AvgIpc) is 2.67. The summed E-state index contributed by atoms with van der Waals surface area (Å²) in [5.74, 6) is -0.629. The first-order valence-electron chi connectivity index (χ1n) is 8.32. The van der Waals surface area contributed by atoms with E-state index in [2.05, 4.69) is 15.5 Å². The fraction of sp³-hybridized carbons (Fsp3) is 0.150. The lowest BCUT2D eigenvalue weighted by atomic mass is 10.1. The quantitative estimate of drug-likeness (QED) is 0.595. The molecule has 0 spiro atoms. The highest BCUT2D eigenvalue weighted by Gasteiger charge is 2.33. The van der Waals surface area contributed by atoms with Gasteiger partial charge < -0.3 is 5.32 Å². The number of nitrogens with one attached hydrogen (secondary N) is 1. The number of aromatic nitrogens is 2. The van der Waals surface area contributed by atoms with Crippen LogP contribution in [-0.2, 0) is 11.0 Å². The average molecular weight is 403 g/mol. The van der Waals surface area contributed by atoms with Gasteiger partial charge in [-0.2, -0.15) is 13.2 Å². The lowest BCUT2D eigenvalue weighted by molar-refractivity contribution is -0.137. The van der Waals surface area contributed by atoms with Crippen LogP contribution < -0.4 is 5.32 Å². The zero-order chi connectivity index (χ0) is 20.1. The molecule has 1 aromatic heterocycles. The number of benzene rings is 2. The minimum absolute atomic E-state index is 0.0786. The highest BCUT2D eigenvalue weighted by molar-refractivity contribution is 7.99. The van der Waals surface area contributed by atoms with Crippen molar-refractivity contribution < 1.29 is 18.0 Å². The Morgan fingerprint density at radius 1 is 1.00 bits per heavy atom. The Balaban J connectivity index is 1.60. The molecule has 0 unspecified atom stereocenters. The molecular weight excluding hydrogens is 387 g/mol. The van der Waals surface area contributed by atoms with Crippen molar-refractivity contribution in [2.75, 3.05) is 11.1 Å². The Morgan fingerprint density at radius 2 is 1.71 bits per heavy atom. The Hall–Kier alpha value is -2.87. The van der Waals surface area contributed by atoms with Gasteiger partial charge in [-0.25, -0.2) is 0 Å². The highest BCUT2D eigenvalue weighted by Crippen LogP contribution is 2.34.